The van der Waals surface area contributed by atoms with Crippen molar-refractivity contribution in [3.05, 3.63) is 81.9 Å². The highest BCUT2D eigenvalue weighted by atomic mass is 32.1. The van der Waals surface area contributed by atoms with Crippen LogP contribution in [0.2, 0.25) is 0 Å². The number of amides is 1. The second kappa shape index (κ2) is 7.54. The summed E-state index contributed by atoms with van der Waals surface area (Å²) in [4.78, 5) is 20.2. The lowest BCUT2D eigenvalue weighted by Crippen LogP contribution is -2.29. The molecule has 1 N–H and O–H groups in total. The minimum atomic E-state index is -0.886. The molecule has 1 aromatic heterocycles. The second-order valence-electron chi connectivity index (χ2n) is 6.41. The van der Waals surface area contributed by atoms with E-state index in [4.69, 9.17) is 0 Å². The van der Waals surface area contributed by atoms with Crippen LogP contribution in [0.25, 0.3) is 0 Å². The Labute approximate surface area is 159 Å². The van der Waals surface area contributed by atoms with E-state index in [9.17, 15) is 13.6 Å². The SMILES string of the molecule is O=C(Nc1nc2c(s1)CN(Cc1ccccc1)CC2)c1ccc(F)cc1F. The number of halogens is 2. The van der Waals surface area contributed by atoms with Crippen molar-refractivity contribution in [2.45, 2.75) is 19.5 Å². The third-order valence-corrected chi connectivity index (χ3v) is 5.45. The van der Waals surface area contributed by atoms with E-state index in [-0.39, 0.29) is 5.56 Å². The normalized spacial score (nSPS) is 14.0. The number of carbonyl (C=O) groups is 1. The maximum Gasteiger partial charge on any atom is 0.260 e. The summed E-state index contributed by atoms with van der Waals surface area (Å²) in [6.07, 6.45) is 0.805. The summed E-state index contributed by atoms with van der Waals surface area (Å²) < 4.78 is 26.8. The maximum absolute atomic E-state index is 13.8. The molecule has 0 aliphatic carbocycles. The Balaban J connectivity index is 1.44. The fourth-order valence-electron chi connectivity index (χ4n) is 3.12. The summed E-state index contributed by atoms with van der Waals surface area (Å²) in [5.41, 5.74) is 2.03. The molecule has 2 aromatic carbocycles. The minimum absolute atomic E-state index is 0.199. The van der Waals surface area contributed by atoms with Crippen LogP contribution in [0.15, 0.2) is 48.5 Å². The van der Waals surface area contributed by atoms with Crippen molar-refractivity contribution in [2.24, 2.45) is 0 Å². The van der Waals surface area contributed by atoms with Gasteiger partial charge in [-0.1, -0.05) is 30.3 Å². The highest BCUT2D eigenvalue weighted by molar-refractivity contribution is 7.15. The molecule has 3 aromatic rings. The molecular weight excluding hydrogens is 368 g/mol. The smallest absolute Gasteiger partial charge is 0.260 e. The van der Waals surface area contributed by atoms with Gasteiger partial charge in [-0.15, -0.1) is 11.3 Å². The molecule has 1 amide bonds. The summed E-state index contributed by atoms with van der Waals surface area (Å²) in [7, 11) is 0. The number of nitrogens with zero attached hydrogens (tertiary/aromatic N) is 2. The molecule has 138 valence electrons. The zero-order valence-corrected chi connectivity index (χ0v) is 15.2. The molecule has 2 heterocycles. The molecule has 0 saturated heterocycles. The van der Waals surface area contributed by atoms with Crippen LogP contribution in [-0.2, 0) is 19.5 Å². The molecule has 0 atom stereocenters. The molecule has 1 aliphatic heterocycles. The fourth-order valence-corrected chi connectivity index (χ4v) is 4.16. The van der Waals surface area contributed by atoms with Gasteiger partial charge in [0.2, 0.25) is 0 Å². The van der Waals surface area contributed by atoms with Crippen LogP contribution in [0.5, 0.6) is 0 Å². The topological polar surface area (TPSA) is 45.2 Å². The third-order valence-electron chi connectivity index (χ3n) is 4.46. The van der Waals surface area contributed by atoms with Crippen molar-refractivity contribution in [1.29, 1.82) is 0 Å². The van der Waals surface area contributed by atoms with Crippen molar-refractivity contribution < 1.29 is 13.6 Å². The lowest BCUT2D eigenvalue weighted by molar-refractivity contribution is 0.102. The highest BCUT2D eigenvalue weighted by Crippen LogP contribution is 2.29. The molecule has 0 saturated carbocycles. The summed E-state index contributed by atoms with van der Waals surface area (Å²) in [6, 6.07) is 13.2. The first kappa shape index (κ1) is 17.8. The quantitative estimate of drug-likeness (QED) is 0.731. The van der Waals surface area contributed by atoms with Gasteiger partial charge < -0.3 is 0 Å². The number of anilines is 1. The second-order valence-corrected chi connectivity index (χ2v) is 7.50. The van der Waals surface area contributed by atoms with Gasteiger partial charge in [-0.2, -0.15) is 0 Å². The number of benzene rings is 2. The van der Waals surface area contributed by atoms with Gasteiger partial charge in [-0.3, -0.25) is 15.0 Å². The van der Waals surface area contributed by atoms with E-state index >= 15 is 0 Å². The lowest BCUT2D eigenvalue weighted by atomic mass is 10.1. The van der Waals surface area contributed by atoms with E-state index in [1.165, 1.54) is 16.9 Å². The Hall–Kier alpha value is -2.64. The first-order valence-corrected chi connectivity index (χ1v) is 9.41. The number of hydrogen-bond acceptors (Lipinski definition) is 4. The van der Waals surface area contributed by atoms with E-state index in [1.54, 1.807) is 0 Å². The Morgan fingerprint density at radius 1 is 1.19 bits per heavy atom. The average Bonchev–Trinajstić information content (AvgIpc) is 3.04. The van der Waals surface area contributed by atoms with Crippen molar-refractivity contribution in [3.63, 3.8) is 0 Å². The Morgan fingerprint density at radius 3 is 2.78 bits per heavy atom. The van der Waals surface area contributed by atoms with Crippen LogP contribution in [0.3, 0.4) is 0 Å². The number of hydrogen-bond donors (Lipinski definition) is 1. The van der Waals surface area contributed by atoms with E-state index in [1.807, 2.05) is 18.2 Å². The predicted molar refractivity (Wildman–Crippen MR) is 101 cm³/mol. The van der Waals surface area contributed by atoms with E-state index in [0.717, 1.165) is 48.8 Å². The summed E-state index contributed by atoms with van der Waals surface area (Å²) in [5, 5.41) is 3.07. The average molecular weight is 385 g/mol. The number of rotatable bonds is 4. The number of thiazole rings is 1. The van der Waals surface area contributed by atoms with Crippen molar-refractivity contribution in [3.8, 4) is 0 Å². The minimum Gasteiger partial charge on any atom is -0.298 e. The molecule has 0 unspecified atom stereocenters. The highest BCUT2D eigenvalue weighted by Gasteiger charge is 2.22. The number of carbonyl (C=O) groups excluding carboxylic acids is 1. The van der Waals surface area contributed by atoms with Crippen LogP contribution in [0, 0.1) is 11.6 Å². The zero-order valence-electron chi connectivity index (χ0n) is 14.4. The van der Waals surface area contributed by atoms with Gasteiger partial charge in [-0.25, -0.2) is 13.8 Å². The molecule has 0 spiro atoms. The van der Waals surface area contributed by atoms with Gasteiger partial charge in [0.1, 0.15) is 11.6 Å². The van der Waals surface area contributed by atoms with Gasteiger partial charge in [0.15, 0.2) is 5.13 Å². The number of aromatic nitrogens is 1. The van der Waals surface area contributed by atoms with Crippen LogP contribution in [0.4, 0.5) is 13.9 Å². The van der Waals surface area contributed by atoms with E-state index in [0.29, 0.717) is 11.2 Å². The Morgan fingerprint density at radius 2 is 2.00 bits per heavy atom. The van der Waals surface area contributed by atoms with E-state index in [2.05, 4.69) is 27.3 Å². The largest absolute Gasteiger partial charge is 0.298 e. The molecule has 4 nitrogen and oxygen atoms in total. The summed E-state index contributed by atoms with van der Waals surface area (Å²) >= 11 is 1.40. The van der Waals surface area contributed by atoms with Crippen LogP contribution >= 0.6 is 11.3 Å². The Bertz CT molecular complexity index is 975. The zero-order chi connectivity index (χ0) is 18.8. The fraction of sp³-hybridized carbons (Fsp3) is 0.200. The molecule has 7 heteroatoms. The molecule has 1 aliphatic rings. The molecule has 0 radical (unpaired) electrons. The molecular formula is C20H17F2N3OS. The van der Waals surface area contributed by atoms with Gasteiger partial charge in [0.25, 0.3) is 5.91 Å². The molecule has 0 fully saturated rings. The maximum atomic E-state index is 13.8. The standard InChI is InChI=1S/C20H17F2N3OS/c21-14-6-7-15(16(22)10-14)19(26)24-20-23-17-8-9-25(12-18(17)27-20)11-13-4-2-1-3-5-13/h1-7,10H,8-9,11-12H2,(H,23,24,26). The lowest BCUT2D eigenvalue weighted by Gasteiger charge is -2.25. The van der Waals surface area contributed by atoms with Gasteiger partial charge in [0.05, 0.1) is 11.3 Å². The third kappa shape index (κ3) is 4.04. The van der Waals surface area contributed by atoms with Crippen LogP contribution in [0.1, 0.15) is 26.5 Å². The summed E-state index contributed by atoms with van der Waals surface area (Å²) in [6.45, 7) is 2.52. The molecule has 4 rings (SSSR count). The van der Waals surface area contributed by atoms with Crippen LogP contribution in [-0.4, -0.2) is 22.3 Å². The first-order chi connectivity index (χ1) is 13.1. The molecule has 0 bridgehead atoms. The molecule has 27 heavy (non-hydrogen) atoms. The number of fused-ring (bicyclic) bond motifs is 1. The van der Waals surface area contributed by atoms with Crippen LogP contribution < -0.4 is 5.32 Å². The van der Waals surface area contributed by atoms with Crippen molar-refractivity contribution >= 4 is 22.4 Å². The van der Waals surface area contributed by atoms with Gasteiger partial charge >= 0.3 is 0 Å². The number of nitrogens with one attached hydrogen (secondary N) is 1. The van der Waals surface area contributed by atoms with Gasteiger partial charge in [0, 0.05) is 37.0 Å². The Kier molecular flexibility index (Phi) is 4.96. The summed E-state index contributed by atoms with van der Waals surface area (Å²) in [5.74, 6) is -2.23. The van der Waals surface area contributed by atoms with Crippen molar-refractivity contribution in [2.75, 3.05) is 11.9 Å². The first-order valence-electron chi connectivity index (χ1n) is 8.60. The van der Waals surface area contributed by atoms with E-state index < -0.39 is 17.5 Å². The monoisotopic (exact) mass is 385 g/mol. The van der Waals surface area contributed by atoms with Crippen molar-refractivity contribution in [1.82, 2.24) is 9.88 Å². The van der Waals surface area contributed by atoms with Gasteiger partial charge in [-0.05, 0) is 17.7 Å². The predicted octanol–water partition coefficient (Wildman–Crippen LogP) is 4.23.